The molecule has 0 amide bonds. The number of halogens is 1. The average Bonchev–Trinajstić information content (AvgIpc) is 3.16. The van der Waals surface area contributed by atoms with Crippen molar-refractivity contribution >= 4 is 11.6 Å². The fourth-order valence-corrected chi connectivity index (χ4v) is 3.27. The van der Waals surface area contributed by atoms with Crippen LogP contribution >= 0.6 is 11.6 Å². The number of ether oxygens (including phenoxy) is 2. The van der Waals surface area contributed by atoms with Crippen LogP contribution in [0.2, 0.25) is 5.02 Å². The molecule has 1 aliphatic heterocycles. The van der Waals surface area contributed by atoms with Crippen molar-refractivity contribution < 1.29 is 9.47 Å². The van der Waals surface area contributed by atoms with Crippen LogP contribution in [0.1, 0.15) is 38.3 Å². The predicted octanol–water partition coefficient (Wildman–Crippen LogP) is 3.19. The van der Waals surface area contributed by atoms with E-state index < -0.39 is 0 Å². The van der Waals surface area contributed by atoms with E-state index in [1.165, 1.54) is 12.8 Å². The minimum atomic E-state index is 0.187. The van der Waals surface area contributed by atoms with Crippen molar-refractivity contribution in [1.29, 1.82) is 0 Å². The Bertz CT molecular complexity index is 517. The van der Waals surface area contributed by atoms with Crippen molar-refractivity contribution in [2.24, 2.45) is 11.7 Å². The number of nitrogens with zero attached hydrogens (tertiary/aromatic N) is 1. The van der Waals surface area contributed by atoms with Gasteiger partial charge in [0.15, 0.2) is 11.5 Å². The second-order valence-corrected chi connectivity index (χ2v) is 6.72. The second kappa shape index (κ2) is 6.03. The Morgan fingerprint density at radius 3 is 2.71 bits per heavy atom. The van der Waals surface area contributed by atoms with Gasteiger partial charge in [-0.05, 0) is 36.5 Å². The maximum absolute atomic E-state index is 6.32. The number of fused-ring (bicyclic) bond motifs is 1. The molecule has 1 heterocycles. The number of hydrogen-bond acceptors (Lipinski definition) is 4. The van der Waals surface area contributed by atoms with Crippen LogP contribution in [-0.4, -0.2) is 30.8 Å². The third kappa shape index (κ3) is 3.12. The van der Waals surface area contributed by atoms with Crippen LogP contribution < -0.4 is 15.2 Å². The van der Waals surface area contributed by atoms with Crippen molar-refractivity contribution in [1.82, 2.24) is 4.90 Å². The summed E-state index contributed by atoms with van der Waals surface area (Å²) < 4.78 is 10.9. The van der Waals surface area contributed by atoms with Crippen LogP contribution in [-0.2, 0) is 0 Å². The van der Waals surface area contributed by atoms with E-state index in [9.17, 15) is 0 Å². The van der Waals surface area contributed by atoms with E-state index >= 15 is 0 Å². The quantitative estimate of drug-likeness (QED) is 0.876. The Kier molecular flexibility index (Phi) is 4.29. The van der Waals surface area contributed by atoms with Gasteiger partial charge in [-0.15, -0.1) is 0 Å². The van der Waals surface area contributed by atoms with Gasteiger partial charge in [0, 0.05) is 25.2 Å². The lowest BCUT2D eigenvalue weighted by Gasteiger charge is -2.33. The van der Waals surface area contributed by atoms with Crippen LogP contribution in [0.15, 0.2) is 12.1 Å². The summed E-state index contributed by atoms with van der Waals surface area (Å²) in [5.74, 6) is 2.00. The molecule has 1 saturated carbocycles. The highest BCUT2D eigenvalue weighted by Gasteiger charge is 2.35. The van der Waals surface area contributed by atoms with E-state index in [0.29, 0.717) is 29.3 Å². The molecule has 0 bridgehead atoms. The minimum Gasteiger partial charge on any atom is -0.454 e. The maximum Gasteiger partial charge on any atom is 0.231 e. The lowest BCUT2D eigenvalue weighted by molar-refractivity contribution is 0.168. The first-order valence-corrected chi connectivity index (χ1v) is 8.02. The highest BCUT2D eigenvalue weighted by atomic mass is 35.5. The average molecular weight is 311 g/mol. The summed E-state index contributed by atoms with van der Waals surface area (Å²) in [5.41, 5.74) is 7.21. The molecular weight excluding hydrogens is 288 g/mol. The first-order chi connectivity index (χ1) is 10.1. The zero-order valence-corrected chi connectivity index (χ0v) is 13.4. The zero-order chi connectivity index (χ0) is 15.0. The molecule has 1 aromatic carbocycles. The predicted molar refractivity (Wildman–Crippen MR) is 83.9 cm³/mol. The zero-order valence-electron chi connectivity index (χ0n) is 12.6. The fraction of sp³-hybridized carbons (Fsp3) is 0.625. The van der Waals surface area contributed by atoms with Crippen LogP contribution in [0.5, 0.6) is 11.5 Å². The van der Waals surface area contributed by atoms with Gasteiger partial charge in [-0.25, -0.2) is 0 Å². The van der Waals surface area contributed by atoms with Crippen molar-refractivity contribution in [3.05, 3.63) is 22.7 Å². The SMILES string of the molecule is CC(C)CN(C1CC1)C(CN)c1cc(Cl)c2c(c1)OCO2. The third-order valence-electron chi connectivity index (χ3n) is 4.05. The molecule has 21 heavy (non-hydrogen) atoms. The van der Waals surface area contributed by atoms with E-state index in [4.69, 9.17) is 26.8 Å². The van der Waals surface area contributed by atoms with Gasteiger partial charge in [-0.2, -0.15) is 0 Å². The van der Waals surface area contributed by atoms with Crippen LogP contribution in [0.4, 0.5) is 0 Å². The molecule has 1 atom stereocenters. The molecule has 1 aliphatic carbocycles. The Morgan fingerprint density at radius 2 is 2.10 bits per heavy atom. The molecule has 1 unspecified atom stereocenters. The second-order valence-electron chi connectivity index (χ2n) is 6.31. The molecule has 4 nitrogen and oxygen atoms in total. The lowest BCUT2D eigenvalue weighted by Crippen LogP contribution is -2.38. The number of benzene rings is 1. The Labute approximate surface area is 131 Å². The topological polar surface area (TPSA) is 47.7 Å². The third-order valence-corrected chi connectivity index (χ3v) is 4.33. The van der Waals surface area contributed by atoms with Crippen molar-refractivity contribution in [2.75, 3.05) is 19.9 Å². The van der Waals surface area contributed by atoms with Gasteiger partial charge in [0.2, 0.25) is 6.79 Å². The fourth-order valence-electron chi connectivity index (χ4n) is 3.00. The van der Waals surface area contributed by atoms with E-state index in [0.717, 1.165) is 17.9 Å². The smallest absolute Gasteiger partial charge is 0.231 e. The molecule has 116 valence electrons. The summed E-state index contributed by atoms with van der Waals surface area (Å²) in [4.78, 5) is 2.53. The van der Waals surface area contributed by atoms with E-state index in [2.05, 4.69) is 18.7 Å². The molecule has 3 rings (SSSR count). The molecular formula is C16H23ClN2O2. The van der Waals surface area contributed by atoms with Crippen molar-refractivity contribution in [3.63, 3.8) is 0 Å². The molecule has 2 N–H and O–H groups in total. The Morgan fingerprint density at radius 1 is 1.33 bits per heavy atom. The van der Waals surface area contributed by atoms with Crippen LogP contribution in [0.3, 0.4) is 0 Å². The van der Waals surface area contributed by atoms with Gasteiger partial charge in [-0.3, -0.25) is 4.90 Å². The molecule has 0 radical (unpaired) electrons. The van der Waals surface area contributed by atoms with Gasteiger partial charge >= 0.3 is 0 Å². The molecule has 2 aliphatic rings. The summed E-state index contributed by atoms with van der Waals surface area (Å²) in [6.07, 6.45) is 2.53. The number of rotatable bonds is 6. The largest absolute Gasteiger partial charge is 0.454 e. The van der Waals surface area contributed by atoms with Gasteiger partial charge in [0.05, 0.1) is 5.02 Å². The molecule has 0 saturated heterocycles. The maximum atomic E-state index is 6.32. The normalized spacial score (nSPS) is 18.6. The van der Waals surface area contributed by atoms with Gasteiger partial charge in [-0.1, -0.05) is 25.4 Å². The first-order valence-electron chi connectivity index (χ1n) is 7.65. The van der Waals surface area contributed by atoms with Gasteiger partial charge in [0.25, 0.3) is 0 Å². The summed E-state index contributed by atoms with van der Waals surface area (Å²) in [6, 6.07) is 4.85. The Hall–Kier alpha value is -0.970. The first kappa shape index (κ1) is 14.9. The minimum absolute atomic E-state index is 0.187. The molecule has 0 aromatic heterocycles. The number of hydrogen-bond donors (Lipinski definition) is 1. The number of nitrogens with two attached hydrogens (primary N) is 1. The van der Waals surface area contributed by atoms with E-state index in [1.54, 1.807) is 0 Å². The highest BCUT2D eigenvalue weighted by Crippen LogP contribution is 2.43. The molecule has 5 heteroatoms. The molecule has 1 aromatic rings. The van der Waals surface area contributed by atoms with Crippen molar-refractivity contribution in [2.45, 2.75) is 38.8 Å². The standard InChI is InChI=1S/C16H23ClN2O2/c1-10(2)8-19(12-3-4-12)14(7-18)11-5-13(17)16-15(6-11)20-9-21-16/h5-6,10,12,14H,3-4,7-9,18H2,1-2H3. The molecule has 1 fully saturated rings. The monoisotopic (exact) mass is 310 g/mol. The van der Waals surface area contributed by atoms with Crippen molar-refractivity contribution in [3.8, 4) is 11.5 Å². The summed E-state index contributed by atoms with van der Waals surface area (Å²) >= 11 is 6.32. The van der Waals surface area contributed by atoms with Crippen LogP contribution in [0, 0.1) is 5.92 Å². The molecule has 0 spiro atoms. The summed E-state index contributed by atoms with van der Waals surface area (Å²) in [7, 11) is 0. The highest BCUT2D eigenvalue weighted by molar-refractivity contribution is 6.32. The van der Waals surface area contributed by atoms with E-state index in [1.807, 2.05) is 12.1 Å². The van der Waals surface area contributed by atoms with Gasteiger partial charge < -0.3 is 15.2 Å². The summed E-state index contributed by atoms with van der Waals surface area (Å²) in [6.45, 7) is 6.37. The Balaban J connectivity index is 1.89. The van der Waals surface area contributed by atoms with Crippen LogP contribution in [0.25, 0.3) is 0 Å². The van der Waals surface area contributed by atoms with E-state index in [-0.39, 0.29) is 12.8 Å². The lowest BCUT2D eigenvalue weighted by atomic mass is 10.0. The van der Waals surface area contributed by atoms with Gasteiger partial charge in [0.1, 0.15) is 0 Å². The summed E-state index contributed by atoms with van der Waals surface area (Å²) in [5, 5.41) is 0.610.